The molecule has 0 amide bonds. The molecule has 0 aliphatic carbocycles. The van der Waals surface area contributed by atoms with E-state index in [0.717, 1.165) is 0 Å². The maximum absolute atomic E-state index is 12.0. The molecule has 6 nitrogen and oxygen atoms in total. The standard InChI is InChI=1S/C7H2Cl2F3NO5S/c8-3-1-5(18-7(10,11)12)4(13(14)15)2-6(3)19(9,16)17/h1-2H. The van der Waals surface area contributed by atoms with Crippen molar-refractivity contribution in [3.05, 3.63) is 27.3 Å². The molecule has 0 saturated carbocycles. The highest BCUT2D eigenvalue weighted by Crippen LogP contribution is 2.38. The molecule has 0 unspecified atom stereocenters. The molecule has 0 aromatic heterocycles. The first-order chi connectivity index (χ1) is 8.42. The van der Waals surface area contributed by atoms with Gasteiger partial charge < -0.3 is 4.74 Å². The topological polar surface area (TPSA) is 86.5 Å². The highest BCUT2D eigenvalue weighted by Gasteiger charge is 2.35. The molecule has 0 heterocycles. The molecule has 0 saturated heterocycles. The second kappa shape index (κ2) is 5.02. The zero-order chi connectivity index (χ0) is 15.0. The zero-order valence-corrected chi connectivity index (χ0v) is 10.8. The number of halogens is 5. The van der Waals surface area contributed by atoms with Gasteiger partial charge in [-0.25, -0.2) is 8.42 Å². The van der Waals surface area contributed by atoms with Gasteiger partial charge in [-0.15, -0.1) is 13.2 Å². The maximum Gasteiger partial charge on any atom is 0.573 e. The Morgan fingerprint density at radius 3 is 2.21 bits per heavy atom. The summed E-state index contributed by atoms with van der Waals surface area (Å²) in [6.45, 7) is 0. The lowest BCUT2D eigenvalue weighted by Gasteiger charge is -2.10. The fourth-order valence-electron chi connectivity index (χ4n) is 1.06. The fourth-order valence-corrected chi connectivity index (χ4v) is 2.56. The van der Waals surface area contributed by atoms with Crippen LogP contribution in [0, 0.1) is 10.1 Å². The molecule has 12 heteroatoms. The van der Waals surface area contributed by atoms with E-state index < -0.39 is 41.7 Å². The predicted octanol–water partition coefficient (Wildman–Crippen LogP) is 3.07. The Balaban J connectivity index is 3.51. The molecule has 0 aliphatic rings. The molecule has 1 rings (SSSR count). The Labute approximate surface area is 113 Å². The van der Waals surface area contributed by atoms with E-state index in [1.165, 1.54) is 0 Å². The lowest BCUT2D eigenvalue weighted by atomic mass is 10.3. The number of alkyl halides is 3. The van der Waals surface area contributed by atoms with Crippen molar-refractivity contribution >= 4 is 37.0 Å². The van der Waals surface area contributed by atoms with Crippen molar-refractivity contribution in [2.75, 3.05) is 0 Å². The summed E-state index contributed by atoms with van der Waals surface area (Å²) in [5.41, 5.74) is -1.24. The van der Waals surface area contributed by atoms with Crippen LogP contribution in [0.2, 0.25) is 5.02 Å². The van der Waals surface area contributed by atoms with Crippen molar-refractivity contribution in [3.63, 3.8) is 0 Å². The third-order valence-corrected chi connectivity index (χ3v) is 3.49. The van der Waals surface area contributed by atoms with E-state index in [2.05, 4.69) is 4.74 Å². The molecule has 19 heavy (non-hydrogen) atoms. The summed E-state index contributed by atoms with van der Waals surface area (Å²) in [5, 5.41) is 9.84. The summed E-state index contributed by atoms with van der Waals surface area (Å²) in [6, 6.07) is 0.633. The van der Waals surface area contributed by atoms with Crippen LogP contribution < -0.4 is 4.74 Å². The molecule has 0 aliphatic heterocycles. The SMILES string of the molecule is O=[N+]([O-])c1cc(S(=O)(=O)Cl)c(Cl)cc1OC(F)(F)F. The largest absolute Gasteiger partial charge is 0.573 e. The predicted molar refractivity (Wildman–Crippen MR) is 57.8 cm³/mol. The Bertz CT molecular complexity index is 630. The molecular formula is C7H2Cl2F3NO5S. The van der Waals surface area contributed by atoms with Crippen LogP contribution in [-0.4, -0.2) is 19.7 Å². The van der Waals surface area contributed by atoms with Gasteiger partial charge in [0.1, 0.15) is 4.90 Å². The number of nitro groups is 1. The van der Waals surface area contributed by atoms with Crippen LogP contribution in [0.5, 0.6) is 5.75 Å². The van der Waals surface area contributed by atoms with Crippen LogP contribution in [-0.2, 0) is 9.05 Å². The Hall–Kier alpha value is -1.26. The van der Waals surface area contributed by atoms with Crippen LogP contribution in [0.3, 0.4) is 0 Å². The summed E-state index contributed by atoms with van der Waals surface area (Å²) in [6.07, 6.45) is -5.20. The second-order valence-electron chi connectivity index (χ2n) is 2.99. The average Bonchev–Trinajstić information content (AvgIpc) is 2.11. The Morgan fingerprint density at radius 2 is 1.84 bits per heavy atom. The first-order valence-corrected chi connectivity index (χ1v) is 6.79. The van der Waals surface area contributed by atoms with E-state index in [1.54, 1.807) is 0 Å². The third-order valence-electron chi connectivity index (χ3n) is 1.70. The molecule has 0 spiro atoms. The minimum absolute atomic E-state index is 0.283. The van der Waals surface area contributed by atoms with Crippen molar-refractivity contribution in [2.24, 2.45) is 0 Å². The number of nitrogens with zero attached hydrogens (tertiary/aromatic N) is 1. The molecule has 0 radical (unpaired) electrons. The quantitative estimate of drug-likeness (QED) is 0.479. The lowest BCUT2D eigenvalue weighted by molar-refractivity contribution is -0.388. The molecule has 1 aromatic rings. The van der Waals surface area contributed by atoms with Crippen LogP contribution in [0.1, 0.15) is 0 Å². The van der Waals surface area contributed by atoms with Gasteiger partial charge in [0.2, 0.25) is 5.75 Å². The normalized spacial score (nSPS) is 12.3. The van der Waals surface area contributed by atoms with Crippen molar-refractivity contribution < 1.29 is 31.2 Å². The van der Waals surface area contributed by atoms with Gasteiger partial charge in [-0.2, -0.15) is 0 Å². The molecule has 1 aromatic carbocycles. The van der Waals surface area contributed by atoms with Gasteiger partial charge in [0, 0.05) is 22.8 Å². The van der Waals surface area contributed by atoms with Gasteiger partial charge in [0.15, 0.2) is 0 Å². The zero-order valence-electron chi connectivity index (χ0n) is 8.44. The van der Waals surface area contributed by atoms with Crippen molar-refractivity contribution in [3.8, 4) is 5.75 Å². The number of hydrogen-bond acceptors (Lipinski definition) is 5. The number of rotatable bonds is 3. The molecule has 0 atom stereocenters. The number of benzene rings is 1. The number of nitro benzene ring substituents is 1. The Morgan fingerprint density at radius 1 is 1.32 bits per heavy atom. The van der Waals surface area contributed by atoms with Gasteiger partial charge in [-0.05, 0) is 0 Å². The minimum Gasteiger partial charge on any atom is -0.398 e. The van der Waals surface area contributed by atoms with Crippen molar-refractivity contribution in [1.29, 1.82) is 0 Å². The van der Waals surface area contributed by atoms with E-state index in [-0.39, 0.29) is 6.07 Å². The van der Waals surface area contributed by atoms with E-state index in [1.807, 2.05) is 0 Å². The van der Waals surface area contributed by atoms with Gasteiger partial charge in [0.05, 0.1) is 9.95 Å². The van der Waals surface area contributed by atoms with Crippen molar-refractivity contribution in [1.82, 2.24) is 0 Å². The monoisotopic (exact) mass is 339 g/mol. The summed E-state index contributed by atoms with van der Waals surface area (Å²) in [7, 11) is 0.477. The van der Waals surface area contributed by atoms with Gasteiger partial charge in [-0.3, -0.25) is 10.1 Å². The second-order valence-corrected chi connectivity index (χ2v) is 5.93. The maximum atomic E-state index is 12.0. The van der Waals surface area contributed by atoms with Crippen molar-refractivity contribution in [2.45, 2.75) is 11.3 Å². The number of hydrogen-bond donors (Lipinski definition) is 0. The minimum atomic E-state index is -5.20. The molecular weight excluding hydrogens is 338 g/mol. The van der Waals surface area contributed by atoms with Gasteiger partial charge in [0.25, 0.3) is 9.05 Å². The summed E-state index contributed by atoms with van der Waals surface area (Å²) in [5.74, 6) is -1.24. The van der Waals surface area contributed by atoms with E-state index in [4.69, 9.17) is 22.3 Å². The lowest BCUT2D eigenvalue weighted by Crippen LogP contribution is -2.18. The van der Waals surface area contributed by atoms with Crippen LogP contribution >= 0.6 is 22.3 Å². The van der Waals surface area contributed by atoms with E-state index >= 15 is 0 Å². The highest BCUT2D eigenvalue weighted by molar-refractivity contribution is 8.13. The molecule has 0 bridgehead atoms. The summed E-state index contributed by atoms with van der Waals surface area (Å²) in [4.78, 5) is 8.42. The summed E-state index contributed by atoms with van der Waals surface area (Å²) >= 11 is 5.39. The Kier molecular flexibility index (Phi) is 4.17. The van der Waals surface area contributed by atoms with E-state index in [0.29, 0.717) is 6.07 Å². The molecule has 106 valence electrons. The smallest absolute Gasteiger partial charge is 0.398 e. The van der Waals surface area contributed by atoms with Gasteiger partial charge in [-0.1, -0.05) is 11.6 Å². The summed E-state index contributed by atoms with van der Waals surface area (Å²) < 4.78 is 61.5. The number of ether oxygens (including phenoxy) is 1. The third kappa shape index (κ3) is 4.11. The van der Waals surface area contributed by atoms with Gasteiger partial charge >= 0.3 is 12.0 Å². The van der Waals surface area contributed by atoms with E-state index in [9.17, 15) is 31.7 Å². The highest BCUT2D eigenvalue weighted by atomic mass is 35.7. The van der Waals surface area contributed by atoms with Crippen LogP contribution in [0.15, 0.2) is 17.0 Å². The fraction of sp³-hybridized carbons (Fsp3) is 0.143. The average molecular weight is 340 g/mol. The first-order valence-electron chi connectivity index (χ1n) is 4.10. The molecule has 0 N–H and O–H groups in total. The van der Waals surface area contributed by atoms with Crippen LogP contribution in [0.4, 0.5) is 18.9 Å². The molecule has 0 fully saturated rings. The van der Waals surface area contributed by atoms with Crippen LogP contribution in [0.25, 0.3) is 0 Å². The first kappa shape index (κ1) is 15.8.